The van der Waals surface area contributed by atoms with Crippen LogP contribution in [-0.4, -0.2) is 43.4 Å². The van der Waals surface area contributed by atoms with Crippen LogP contribution in [0.4, 0.5) is 5.82 Å². The lowest BCUT2D eigenvalue weighted by Gasteiger charge is -2.28. The molecule has 0 aliphatic carbocycles. The van der Waals surface area contributed by atoms with Crippen LogP contribution < -0.4 is 9.64 Å². The molecule has 1 aliphatic heterocycles. The molecule has 2 heterocycles. The van der Waals surface area contributed by atoms with Gasteiger partial charge in [-0.05, 0) is 19.3 Å². The summed E-state index contributed by atoms with van der Waals surface area (Å²) in [5.74, 6) is 1.21. The van der Waals surface area contributed by atoms with E-state index in [2.05, 4.69) is 9.97 Å². The Bertz CT molecular complexity index is 397. The number of aromatic nitrogens is 2. The normalized spacial score (nSPS) is 19.6. The van der Waals surface area contributed by atoms with Gasteiger partial charge in [-0.1, -0.05) is 11.6 Å². The predicted octanol–water partition coefficient (Wildman–Crippen LogP) is 2.14. The third kappa shape index (κ3) is 3.03. The molecule has 6 heteroatoms. The van der Waals surface area contributed by atoms with Crippen molar-refractivity contribution in [3.63, 3.8) is 0 Å². The van der Waals surface area contributed by atoms with E-state index in [-0.39, 0.29) is 6.10 Å². The van der Waals surface area contributed by atoms with Crippen LogP contribution in [0.1, 0.15) is 19.3 Å². The second kappa shape index (κ2) is 6.20. The lowest BCUT2D eigenvalue weighted by atomic mass is 10.1. The van der Waals surface area contributed by atoms with Gasteiger partial charge in [-0.15, -0.1) is 0 Å². The molecule has 0 saturated carbocycles. The van der Waals surface area contributed by atoms with Gasteiger partial charge in [0, 0.05) is 20.2 Å². The maximum absolute atomic E-state index is 5.98. The van der Waals surface area contributed by atoms with Gasteiger partial charge in [0.2, 0.25) is 0 Å². The molecule has 1 saturated heterocycles. The Balaban J connectivity index is 2.07. The zero-order valence-electron chi connectivity index (χ0n) is 10.7. The Morgan fingerprint density at radius 3 is 3.00 bits per heavy atom. The fraction of sp³-hybridized carbons (Fsp3) is 0.667. The summed E-state index contributed by atoms with van der Waals surface area (Å²) >= 11 is 5.98. The Morgan fingerprint density at radius 1 is 1.50 bits per heavy atom. The molecular formula is C12H18ClN3O2. The molecule has 1 aromatic heterocycles. The molecule has 5 nitrogen and oxygen atoms in total. The summed E-state index contributed by atoms with van der Waals surface area (Å²) in [7, 11) is 3.53. The summed E-state index contributed by atoms with van der Waals surface area (Å²) in [6.07, 6.45) is 5.16. The van der Waals surface area contributed by atoms with Gasteiger partial charge in [-0.25, -0.2) is 9.97 Å². The molecule has 1 unspecified atom stereocenters. The van der Waals surface area contributed by atoms with Crippen molar-refractivity contribution in [3.05, 3.63) is 11.5 Å². The van der Waals surface area contributed by atoms with Gasteiger partial charge in [0.15, 0.2) is 16.7 Å². The lowest BCUT2D eigenvalue weighted by Crippen LogP contribution is -2.34. The number of hydrogen-bond donors (Lipinski definition) is 0. The van der Waals surface area contributed by atoms with E-state index in [9.17, 15) is 0 Å². The maximum Gasteiger partial charge on any atom is 0.199 e. The molecule has 18 heavy (non-hydrogen) atoms. The van der Waals surface area contributed by atoms with Crippen LogP contribution in [0.3, 0.4) is 0 Å². The van der Waals surface area contributed by atoms with Crippen molar-refractivity contribution in [2.24, 2.45) is 0 Å². The maximum atomic E-state index is 5.98. The van der Waals surface area contributed by atoms with Crippen molar-refractivity contribution < 1.29 is 9.47 Å². The van der Waals surface area contributed by atoms with Crippen LogP contribution in [0.15, 0.2) is 6.33 Å². The average Bonchev–Trinajstić information content (AvgIpc) is 2.39. The van der Waals surface area contributed by atoms with Crippen LogP contribution in [0.25, 0.3) is 0 Å². The molecule has 1 atom stereocenters. The highest BCUT2D eigenvalue weighted by molar-refractivity contribution is 6.31. The Hall–Kier alpha value is -1.07. The van der Waals surface area contributed by atoms with Crippen LogP contribution >= 0.6 is 11.6 Å². The first-order valence-electron chi connectivity index (χ1n) is 6.09. The summed E-state index contributed by atoms with van der Waals surface area (Å²) in [6, 6.07) is 0. The van der Waals surface area contributed by atoms with Crippen molar-refractivity contribution in [1.82, 2.24) is 9.97 Å². The zero-order valence-corrected chi connectivity index (χ0v) is 11.5. The number of methoxy groups -OCH3 is 1. The van der Waals surface area contributed by atoms with E-state index in [1.165, 1.54) is 12.7 Å². The van der Waals surface area contributed by atoms with Crippen molar-refractivity contribution >= 4 is 17.4 Å². The number of hydrogen-bond acceptors (Lipinski definition) is 5. The predicted molar refractivity (Wildman–Crippen MR) is 70.5 cm³/mol. The summed E-state index contributed by atoms with van der Waals surface area (Å²) in [4.78, 5) is 10.1. The molecule has 0 radical (unpaired) electrons. The molecule has 0 amide bonds. The number of halogens is 1. The second-order valence-corrected chi connectivity index (χ2v) is 4.75. The van der Waals surface area contributed by atoms with E-state index >= 15 is 0 Å². The fourth-order valence-electron chi connectivity index (χ4n) is 2.13. The van der Waals surface area contributed by atoms with E-state index in [4.69, 9.17) is 21.1 Å². The van der Waals surface area contributed by atoms with Crippen molar-refractivity contribution in [2.75, 3.05) is 32.2 Å². The quantitative estimate of drug-likeness (QED) is 0.786. The molecule has 100 valence electrons. The highest BCUT2D eigenvalue weighted by Crippen LogP contribution is 2.31. The van der Waals surface area contributed by atoms with Gasteiger partial charge in [0.1, 0.15) is 6.33 Å². The Labute approximate surface area is 112 Å². The van der Waals surface area contributed by atoms with Crippen LogP contribution in [-0.2, 0) is 4.74 Å². The number of nitrogens with zero attached hydrogens (tertiary/aromatic N) is 3. The van der Waals surface area contributed by atoms with Gasteiger partial charge >= 0.3 is 0 Å². The van der Waals surface area contributed by atoms with Gasteiger partial charge in [0.05, 0.1) is 13.2 Å². The monoisotopic (exact) mass is 271 g/mol. The third-order valence-corrected chi connectivity index (χ3v) is 3.33. The topological polar surface area (TPSA) is 47.5 Å². The first-order valence-corrected chi connectivity index (χ1v) is 6.47. The van der Waals surface area contributed by atoms with E-state index < -0.39 is 0 Å². The first-order chi connectivity index (χ1) is 8.72. The highest BCUT2D eigenvalue weighted by atomic mass is 35.5. The number of likely N-dealkylation sites (N-methyl/N-ethyl adjacent to an activating group) is 1. The summed E-state index contributed by atoms with van der Waals surface area (Å²) in [6.45, 7) is 1.63. The fourth-order valence-corrected chi connectivity index (χ4v) is 2.34. The summed E-state index contributed by atoms with van der Waals surface area (Å²) < 4.78 is 11.0. The summed E-state index contributed by atoms with van der Waals surface area (Å²) in [5, 5.41) is 0.332. The minimum absolute atomic E-state index is 0.252. The summed E-state index contributed by atoms with van der Waals surface area (Å²) in [5.41, 5.74) is 0. The minimum atomic E-state index is 0.252. The molecule has 2 rings (SSSR count). The van der Waals surface area contributed by atoms with Crippen molar-refractivity contribution in [2.45, 2.75) is 25.4 Å². The van der Waals surface area contributed by atoms with Crippen molar-refractivity contribution in [1.29, 1.82) is 0 Å². The molecule has 0 N–H and O–H groups in total. The average molecular weight is 272 g/mol. The molecule has 1 fully saturated rings. The second-order valence-electron chi connectivity index (χ2n) is 4.39. The SMILES string of the molecule is COc1c(Cl)ncnc1N(C)CC1CCCCO1. The number of ether oxygens (including phenoxy) is 2. The van der Waals surface area contributed by atoms with Crippen LogP contribution in [0.5, 0.6) is 5.75 Å². The Kier molecular flexibility index (Phi) is 4.60. The molecule has 1 aromatic rings. The molecule has 0 spiro atoms. The van der Waals surface area contributed by atoms with E-state index in [0.29, 0.717) is 16.7 Å². The minimum Gasteiger partial charge on any atom is -0.490 e. The Morgan fingerprint density at radius 2 is 2.33 bits per heavy atom. The largest absolute Gasteiger partial charge is 0.490 e. The van der Waals surface area contributed by atoms with Crippen LogP contribution in [0, 0.1) is 0 Å². The third-order valence-electron chi connectivity index (χ3n) is 3.06. The van der Waals surface area contributed by atoms with E-state index in [1.54, 1.807) is 7.11 Å². The zero-order chi connectivity index (χ0) is 13.0. The molecular weight excluding hydrogens is 254 g/mol. The van der Waals surface area contributed by atoms with Crippen molar-refractivity contribution in [3.8, 4) is 5.75 Å². The molecule has 1 aliphatic rings. The van der Waals surface area contributed by atoms with Gasteiger partial charge < -0.3 is 14.4 Å². The number of rotatable bonds is 4. The lowest BCUT2D eigenvalue weighted by molar-refractivity contribution is 0.0215. The van der Waals surface area contributed by atoms with Gasteiger partial charge in [-0.3, -0.25) is 0 Å². The van der Waals surface area contributed by atoms with E-state index in [1.807, 2.05) is 11.9 Å². The first kappa shape index (κ1) is 13.4. The smallest absolute Gasteiger partial charge is 0.199 e. The van der Waals surface area contributed by atoms with E-state index in [0.717, 1.165) is 26.0 Å². The van der Waals surface area contributed by atoms with Gasteiger partial charge in [0.25, 0.3) is 0 Å². The highest BCUT2D eigenvalue weighted by Gasteiger charge is 2.20. The van der Waals surface area contributed by atoms with Crippen LogP contribution in [0.2, 0.25) is 5.15 Å². The standard InChI is InChI=1S/C12H18ClN3O2/c1-16(7-9-5-3-4-6-18-9)12-10(17-2)11(13)14-8-15-12/h8-9H,3-7H2,1-2H3. The molecule has 0 bridgehead atoms. The number of anilines is 1. The molecule has 0 aromatic carbocycles. The van der Waals surface area contributed by atoms with Gasteiger partial charge in [-0.2, -0.15) is 0 Å².